The zero-order chi connectivity index (χ0) is 20.0. The molecule has 8 heteroatoms. The van der Waals surface area contributed by atoms with Gasteiger partial charge in [0.1, 0.15) is 12.0 Å². The van der Waals surface area contributed by atoms with Gasteiger partial charge in [-0.05, 0) is 69.3 Å². The molecule has 2 N–H and O–H groups in total. The van der Waals surface area contributed by atoms with Crippen LogP contribution in [0.25, 0.3) is 0 Å². The molecule has 0 spiro atoms. The SMILES string of the molecule is CC(C)NS(=O)(=O)c1ccc(NC(=O)[C@@H](C)Oc2ccc(C=O)cc2)cc1. The predicted molar refractivity (Wildman–Crippen MR) is 102 cm³/mol. The molecule has 144 valence electrons. The maximum atomic E-state index is 12.2. The summed E-state index contributed by atoms with van der Waals surface area (Å²) in [5.74, 6) is 0.0785. The second-order valence-corrected chi connectivity index (χ2v) is 7.95. The lowest BCUT2D eigenvalue weighted by molar-refractivity contribution is -0.122. The van der Waals surface area contributed by atoms with Gasteiger partial charge in [0, 0.05) is 17.3 Å². The minimum atomic E-state index is -3.58. The molecule has 0 bridgehead atoms. The Labute approximate surface area is 158 Å². The van der Waals surface area contributed by atoms with Gasteiger partial charge in [-0.2, -0.15) is 0 Å². The summed E-state index contributed by atoms with van der Waals surface area (Å²) in [6.45, 7) is 5.06. The van der Waals surface area contributed by atoms with Gasteiger partial charge in [-0.1, -0.05) is 0 Å². The minimum absolute atomic E-state index is 0.119. The first-order valence-electron chi connectivity index (χ1n) is 8.36. The van der Waals surface area contributed by atoms with E-state index >= 15 is 0 Å². The minimum Gasteiger partial charge on any atom is -0.481 e. The van der Waals surface area contributed by atoms with Crippen LogP contribution < -0.4 is 14.8 Å². The van der Waals surface area contributed by atoms with Crippen molar-refractivity contribution in [3.63, 3.8) is 0 Å². The summed E-state index contributed by atoms with van der Waals surface area (Å²) in [5, 5.41) is 2.67. The predicted octanol–water partition coefficient (Wildman–Crippen LogP) is 2.59. The number of hydrogen-bond acceptors (Lipinski definition) is 5. The number of rotatable bonds is 8. The van der Waals surface area contributed by atoms with E-state index in [0.717, 1.165) is 6.29 Å². The fourth-order valence-electron chi connectivity index (χ4n) is 2.22. The third kappa shape index (κ3) is 5.90. The monoisotopic (exact) mass is 390 g/mol. The van der Waals surface area contributed by atoms with Crippen molar-refractivity contribution in [2.24, 2.45) is 0 Å². The number of anilines is 1. The number of aldehydes is 1. The topological polar surface area (TPSA) is 102 Å². The first-order valence-corrected chi connectivity index (χ1v) is 9.85. The lowest BCUT2D eigenvalue weighted by Gasteiger charge is -2.15. The van der Waals surface area contributed by atoms with Crippen LogP contribution in [-0.4, -0.2) is 32.8 Å². The first-order chi connectivity index (χ1) is 12.7. The standard InChI is InChI=1S/C19H22N2O5S/c1-13(2)21-27(24,25)18-10-6-16(7-11-18)20-19(23)14(3)26-17-8-4-15(12-22)5-9-17/h4-14,21H,1-3H3,(H,20,23)/t14-/m1/s1. The van der Waals surface area contributed by atoms with Gasteiger partial charge < -0.3 is 10.1 Å². The van der Waals surface area contributed by atoms with E-state index in [1.54, 1.807) is 45.0 Å². The molecule has 0 aliphatic heterocycles. The molecule has 2 aromatic rings. The smallest absolute Gasteiger partial charge is 0.265 e. The number of carbonyl (C=O) groups excluding carboxylic acids is 2. The highest BCUT2D eigenvalue weighted by Crippen LogP contribution is 2.16. The molecule has 0 radical (unpaired) electrons. The Bertz CT molecular complexity index is 891. The van der Waals surface area contributed by atoms with Crippen LogP contribution in [0.1, 0.15) is 31.1 Å². The number of carbonyl (C=O) groups is 2. The molecule has 0 heterocycles. The molecule has 0 unspecified atom stereocenters. The summed E-state index contributed by atoms with van der Waals surface area (Å²) >= 11 is 0. The van der Waals surface area contributed by atoms with Crippen LogP contribution in [0.3, 0.4) is 0 Å². The normalized spacial score (nSPS) is 12.4. The maximum Gasteiger partial charge on any atom is 0.265 e. The Kier molecular flexibility index (Phi) is 6.70. The fraction of sp³-hybridized carbons (Fsp3) is 0.263. The lowest BCUT2D eigenvalue weighted by atomic mass is 10.2. The molecule has 1 amide bonds. The summed E-state index contributed by atoms with van der Waals surface area (Å²) in [4.78, 5) is 23.0. The van der Waals surface area contributed by atoms with Gasteiger partial charge in [-0.25, -0.2) is 13.1 Å². The molecule has 7 nitrogen and oxygen atoms in total. The second kappa shape index (κ2) is 8.79. The summed E-state index contributed by atoms with van der Waals surface area (Å²) in [6.07, 6.45) is -0.0569. The van der Waals surface area contributed by atoms with Gasteiger partial charge in [0.2, 0.25) is 10.0 Å². The van der Waals surface area contributed by atoms with Crippen LogP contribution in [0.15, 0.2) is 53.4 Å². The van der Waals surface area contributed by atoms with E-state index in [-0.39, 0.29) is 16.8 Å². The highest BCUT2D eigenvalue weighted by atomic mass is 32.2. The summed E-state index contributed by atoms with van der Waals surface area (Å²) in [5.41, 5.74) is 0.969. The van der Waals surface area contributed by atoms with E-state index in [2.05, 4.69) is 10.0 Å². The molecule has 27 heavy (non-hydrogen) atoms. The summed E-state index contributed by atoms with van der Waals surface area (Å²) in [6, 6.07) is 12.1. The Morgan fingerprint density at radius 3 is 2.11 bits per heavy atom. The number of nitrogens with one attached hydrogen (secondary N) is 2. The molecular weight excluding hydrogens is 368 g/mol. The molecule has 0 aliphatic rings. The average Bonchev–Trinajstić information content (AvgIpc) is 2.61. The Hall–Kier alpha value is -2.71. The van der Waals surface area contributed by atoms with Crippen molar-refractivity contribution in [1.29, 1.82) is 0 Å². The highest BCUT2D eigenvalue weighted by molar-refractivity contribution is 7.89. The first kappa shape index (κ1) is 20.6. The molecule has 0 saturated carbocycles. The van der Waals surface area contributed by atoms with E-state index in [0.29, 0.717) is 17.0 Å². The van der Waals surface area contributed by atoms with Crippen molar-refractivity contribution in [1.82, 2.24) is 4.72 Å². The van der Waals surface area contributed by atoms with Gasteiger partial charge in [-0.3, -0.25) is 9.59 Å². The van der Waals surface area contributed by atoms with Gasteiger partial charge >= 0.3 is 0 Å². The molecule has 2 aromatic carbocycles. The van der Waals surface area contributed by atoms with Crippen LogP contribution in [0.2, 0.25) is 0 Å². The van der Waals surface area contributed by atoms with Crippen molar-refractivity contribution in [3.8, 4) is 5.75 Å². The van der Waals surface area contributed by atoms with Crippen LogP contribution in [0, 0.1) is 0 Å². The van der Waals surface area contributed by atoms with E-state index in [1.807, 2.05) is 0 Å². The van der Waals surface area contributed by atoms with Crippen LogP contribution in [0.4, 0.5) is 5.69 Å². The number of ether oxygens (including phenoxy) is 1. The van der Waals surface area contributed by atoms with Crippen molar-refractivity contribution in [3.05, 3.63) is 54.1 Å². The molecule has 0 saturated heterocycles. The zero-order valence-corrected chi connectivity index (χ0v) is 16.1. The van der Waals surface area contributed by atoms with Crippen molar-refractivity contribution in [2.75, 3.05) is 5.32 Å². The summed E-state index contributed by atoms with van der Waals surface area (Å²) in [7, 11) is -3.58. The number of sulfonamides is 1. The third-order valence-corrected chi connectivity index (χ3v) is 5.20. The molecule has 1 atom stereocenters. The molecule has 0 aromatic heterocycles. The van der Waals surface area contributed by atoms with Crippen molar-refractivity contribution in [2.45, 2.75) is 37.8 Å². The van der Waals surface area contributed by atoms with Gasteiger partial charge in [0.15, 0.2) is 6.10 Å². The van der Waals surface area contributed by atoms with Crippen LogP contribution in [-0.2, 0) is 14.8 Å². The Morgan fingerprint density at radius 2 is 1.59 bits per heavy atom. The van der Waals surface area contributed by atoms with Crippen molar-refractivity contribution >= 4 is 27.9 Å². The molecule has 0 fully saturated rings. The molecule has 0 aliphatic carbocycles. The molecular formula is C19H22N2O5S. The van der Waals surface area contributed by atoms with E-state index < -0.39 is 16.1 Å². The third-order valence-electron chi connectivity index (χ3n) is 3.52. The number of hydrogen-bond donors (Lipinski definition) is 2. The van der Waals surface area contributed by atoms with E-state index in [4.69, 9.17) is 4.74 Å². The number of amides is 1. The Balaban J connectivity index is 1.99. The average molecular weight is 390 g/mol. The van der Waals surface area contributed by atoms with Crippen LogP contribution in [0.5, 0.6) is 5.75 Å². The quantitative estimate of drug-likeness (QED) is 0.675. The van der Waals surface area contributed by atoms with E-state index in [1.165, 1.54) is 24.3 Å². The lowest BCUT2D eigenvalue weighted by Crippen LogP contribution is -2.31. The Morgan fingerprint density at radius 1 is 1.00 bits per heavy atom. The summed E-state index contributed by atoms with van der Waals surface area (Å²) < 4.78 is 32.2. The molecule has 2 rings (SSSR count). The van der Waals surface area contributed by atoms with Gasteiger partial charge in [0.25, 0.3) is 5.91 Å². The zero-order valence-electron chi connectivity index (χ0n) is 15.3. The van der Waals surface area contributed by atoms with Crippen molar-refractivity contribution < 1.29 is 22.7 Å². The maximum absolute atomic E-state index is 12.2. The van der Waals surface area contributed by atoms with Gasteiger partial charge in [-0.15, -0.1) is 0 Å². The highest BCUT2D eigenvalue weighted by Gasteiger charge is 2.17. The second-order valence-electron chi connectivity index (χ2n) is 6.24. The van der Waals surface area contributed by atoms with E-state index in [9.17, 15) is 18.0 Å². The fourth-order valence-corrected chi connectivity index (χ4v) is 3.47. The largest absolute Gasteiger partial charge is 0.481 e. The number of benzene rings is 2. The van der Waals surface area contributed by atoms with Crippen LogP contribution >= 0.6 is 0 Å². The van der Waals surface area contributed by atoms with Gasteiger partial charge in [0.05, 0.1) is 4.90 Å².